The van der Waals surface area contributed by atoms with Crippen LogP contribution < -0.4 is 5.32 Å². The maximum absolute atomic E-state index is 14.3. The molecule has 2 aliphatic heterocycles. The Hall–Kier alpha value is -1.81. The van der Waals surface area contributed by atoms with Crippen LogP contribution in [0.3, 0.4) is 0 Å². The van der Waals surface area contributed by atoms with E-state index < -0.39 is 5.82 Å². The van der Waals surface area contributed by atoms with E-state index in [1.165, 1.54) is 6.07 Å². The zero-order valence-electron chi connectivity index (χ0n) is 11.7. The van der Waals surface area contributed by atoms with Gasteiger partial charge < -0.3 is 5.32 Å². The Balaban J connectivity index is 1.69. The summed E-state index contributed by atoms with van der Waals surface area (Å²) >= 11 is 0. The average molecular weight is 284 g/mol. The number of benzene rings is 1. The number of rotatable bonds is 2. The number of aromatic nitrogens is 1. The van der Waals surface area contributed by atoms with E-state index in [-0.39, 0.29) is 17.3 Å². The number of piperidine rings is 1. The maximum Gasteiger partial charge on any atom is 0.169 e. The van der Waals surface area contributed by atoms with Gasteiger partial charge in [-0.25, -0.2) is 4.39 Å². The van der Waals surface area contributed by atoms with E-state index in [4.69, 9.17) is 0 Å². The van der Waals surface area contributed by atoms with Crippen molar-refractivity contribution in [1.82, 2.24) is 10.3 Å². The minimum absolute atomic E-state index is 0.0448. The van der Waals surface area contributed by atoms with Crippen molar-refractivity contribution in [3.05, 3.63) is 41.8 Å². The van der Waals surface area contributed by atoms with Gasteiger partial charge in [0.2, 0.25) is 0 Å². The van der Waals surface area contributed by atoms with E-state index in [1.54, 1.807) is 18.3 Å². The first-order valence-electron chi connectivity index (χ1n) is 7.55. The molecule has 0 radical (unpaired) electrons. The Labute approximate surface area is 122 Å². The van der Waals surface area contributed by atoms with Gasteiger partial charge in [-0.05, 0) is 37.8 Å². The summed E-state index contributed by atoms with van der Waals surface area (Å²) in [4.78, 5) is 16.8. The quantitative estimate of drug-likeness (QED) is 0.862. The number of halogens is 1. The molecule has 2 aromatic rings. The second-order valence-corrected chi connectivity index (χ2v) is 6.20. The van der Waals surface area contributed by atoms with Gasteiger partial charge in [0.15, 0.2) is 5.78 Å². The van der Waals surface area contributed by atoms with Crippen LogP contribution in [0.5, 0.6) is 0 Å². The molecule has 2 atom stereocenters. The van der Waals surface area contributed by atoms with E-state index in [9.17, 15) is 9.18 Å². The Bertz CT molecular complexity index is 703. The number of fused-ring (bicyclic) bond motifs is 3. The lowest BCUT2D eigenvalue weighted by Crippen LogP contribution is -2.40. The van der Waals surface area contributed by atoms with Crippen molar-refractivity contribution in [3.8, 4) is 0 Å². The van der Waals surface area contributed by atoms with Crippen molar-refractivity contribution in [2.24, 2.45) is 5.92 Å². The first-order chi connectivity index (χ1) is 10.2. The number of carbonyl (C=O) groups is 1. The summed E-state index contributed by atoms with van der Waals surface area (Å²) in [5.74, 6) is -0.541. The summed E-state index contributed by atoms with van der Waals surface area (Å²) in [7, 11) is 0. The molecular weight excluding hydrogens is 267 g/mol. The molecule has 2 bridgehead atoms. The van der Waals surface area contributed by atoms with Crippen molar-refractivity contribution >= 4 is 16.7 Å². The summed E-state index contributed by atoms with van der Waals surface area (Å²) in [6, 6.07) is 7.57. The van der Waals surface area contributed by atoms with Gasteiger partial charge in [-0.1, -0.05) is 6.07 Å². The molecule has 0 amide bonds. The molecule has 1 N–H and O–H groups in total. The van der Waals surface area contributed by atoms with Crippen molar-refractivity contribution < 1.29 is 9.18 Å². The molecule has 2 saturated heterocycles. The molecule has 4 heteroatoms. The molecule has 2 unspecified atom stereocenters. The number of Topliss-reactive ketones (excluding diaryl/α,β-unsaturated/α-hetero) is 1. The molecule has 3 nitrogen and oxygen atoms in total. The monoisotopic (exact) mass is 284 g/mol. The molecule has 2 fully saturated rings. The Morgan fingerprint density at radius 1 is 1.24 bits per heavy atom. The van der Waals surface area contributed by atoms with E-state index >= 15 is 0 Å². The van der Waals surface area contributed by atoms with Gasteiger partial charge in [0.05, 0.1) is 11.1 Å². The van der Waals surface area contributed by atoms with E-state index in [0.717, 1.165) is 31.1 Å². The molecule has 108 valence electrons. The predicted molar refractivity (Wildman–Crippen MR) is 78.7 cm³/mol. The largest absolute Gasteiger partial charge is 0.311 e. The highest BCUT2D eigenvalue weighted by Crippen LogP contribution is 2.33. The van der Waals surface area contributed by atoms with Crippen molar-refractivity contribution in [3.63, 3.8) is 0 Å². The third-order valence-electron chi connectivity index (χ3n) is 4.80. The van der Waals surface area contributed by atoms with Gasteiger partial charge in [-0.2, -0.15) is 0 Å². The van der Waals surface area contributed by atoms with Crippen molar-refractivity contribution in [2.45, 2.75) is 37.8 Å². The molecule has 0 saturated carbocycles. The van der Waals surface area contributed by atoms with Gasteiger partial charge in [0.1, 0.15) is 5.82 Å². The summed E-state index contributed by atoms with van der Waals surface area (Å²) in [6.07, 6.45) is 5.57. The lowest BCUT2D eigenvalue weighted by Gasteiger charge is -2.28. The number of nitrogens with zero attached hydrogens (tertiary/aromatic N) is 1. The van der Waals surface area contributed by atoms with Crippen LogP contribution in [0.15, 0.2) is 30.5 Å². The van der Waals surface area contributed by atoms with Gasteiger partial charge in [-0.15, -0.1) is 0 Å². The lowest BCUT2D eigenvalue weighted by atomic mass is 9.85. The molecule has 3 heterocycles. The van der Waals surface area contributed by atoms with Crippen LogP contribution in [0.4, 0.5) is 4.39 Å². The highest BCUT2D eigenvalue weighted by atomic mass is 19.1. The van der Waals surface area contributed by atoms with Gasteiger partial charge in [-0.3, -0.25) is 9.78 Å². The smallest absolute Gasteiger partial charge is 0.169 e. The molecule has 0 aliphatic carbocycles. The standard InChI is InChI=1S/C17H17FN2O/c18-15-9-16-10(2-1-5-19-16)8-14(15)17(21)11-6-12-3-4-13(7-11)20-12/h1-2,5,8-9,11-13,20H,3-4,6-7H2. The average Bonchev–Trinajstić information content (AvgIpc) is 2.84. The second kappa shape index (κ2) is 4.88. The lowest BCUT2D eigenvalue weighted by molar-refractivity contribution is 0.0871. The number of hydrogen-bond acceptors (Lipinski definition) is 3. The molecule has 21 heavy (non-hydrogen) atoms. The molecule has 1 aromatic heterocycles. The highest BCUT2D eigenvalue weighted by molar-refractivity contribution is 6.01. The second-order valence-electron chi connectivity index (χ2n) is 6.20. The van der Waals surface area contributed by atoms with E-state index in [0.29, 0.717) is 17.6 Å². The van der Waals surface area contributed by atoms with E-state index in [1.807, 2.05) is 6.07 Å². The first kappa shape index (κ1) is 12.9. The van der Waals surface area contributed by atoms with Gasteiger partial charge >= 0.3 is 0 Å². The Morgan fingerprint density at radius 2 is 2.00 bits per heavy atom. The van der Waals surface area contributed by atoms with Crippen LogP contribution in [0.1, 0.15) is 36.0 Å². The summed E-state index contributed by atoms with van der Waals surface area (Å²) in [5, 5.41) is 4.33. The van der Waals surface area contributed by atoms with Crippen LogP contribution in [0.2, 0.25) is 0 Å². The van der Waals surface area contributed by atoms with Crippen LogP contribution in [-0.4, -0.2) is 22.9 Å². The predicted octanol–water partition coefficient (Wildman–Crippen LogP) is 3.09. The zero-order chi connectivity index (χ0) is 14.4. The number of hydrogen-bond donors (Lipinski definition) is 1. The number of ketones is 1. The molecular formula is C17H17FN2O. The maximum atomic E-state index is 14.3. The number of nitrogens with one attached hydrogen (secondary N) is 1. The summed E-state index contributed by atoms with van der Waals surface area (Å²) in [5.41, 5.74) is 0.818. The van der Waals surface area contributed by atoms with Crippen molar-refractivity contribution in [2.75, 3.05) is 0 Å². The number of pyridine rings is 1. The van der Waals surface area contributed by atoms with Crippen LogP contribution in [-0.2, 0) is 0 Å². The number of carbonyl (C=O) groups excluding carboxylic acids is 1. The third-order valence-corrected chi connectivity index (χ3v) is 4.80. The van der Waals surface area contributed by atoms with Crippen molar-refractivity contribution in [1.29, 1.82) is 0 Å². The third kappa shape index (κ3) is 2.23. The van der Waals surface area contributed by atoms with Crippen LogP contribution in [0, 0.1) is 11.7 Å². The van der Waals surface area contributed by atoms with Crippen LogP contribution in [0.25, 0.3) is 10.9 Å². The fourth-order valence-corrected chi connectivity index (χ4v) is 3.77. The topological polar surface area (TPSA) is 42.0 Å². The Kier molecular flexibility index (Phi) is 3.00. The van der Waals surface area contributed by atoms with Gasteiger partial charge in [0, 0.05) is 35.7 Å². The zero-order valence-corrected chi connectivity index (χ0v) is 11.7. The summed E-state index contributed by atoms with van der Waals surface area (Å²) < 4.78 is 14.3. The molecule has 0 spiro atoms. The van der Waals surface area contributed by atoms with E-state index in [2.05, 4.69) is 10.3 Å². The fraction of sp³-hybridized carbons (Fsp3) is 0.412. The van der Waals surface area contributed by atoms with Gasteiger partial charge in [0.25, 0.3) is 0 Å². The van der Waals surface area contributed by atoms with Crippen LogP contribution >= 0.6 is 0 Å². The molecule has 2 aliphatic rings. The first-order valence-corrected chi connectivity index (χ1v) is 7.55. The molecule has 1 aromatic carbocycles. The minimum atomic E-state index is -0.447. The Morgan fingerprint density at radius 3 is 2.76 bits per heavy atom. The SMILES string of the molecule is O=C(c1cc2cccnc2cc1F)C1CC2CCC(C1)N2. The fourth-order valence-electron chi connectivity index (χ4n) is 3.77. The molecule has 4 rings (SSSR count). The minimum Gasteiger partial charge on any atom is -0.311 e. The highest BCUT2D eigenvalue weighted by Gasteiger charge is 2.37. The summed E-state index contributed by atoms with van der Waals surface area (Å²) in [6.45, 7) is 0. The normalized spacial score (nSPS) is 28.0.